The summed E-state index contributed by atoms with van der Waals surface area (Å²) in [7, 11) is -3.92. The van der Waals surface area contributed by atoms with Crippen molar-refractivity contribution in [3.8, 4) is 5.75 Å². The van der Waals surface area contributed by atoms with E-state index in [1.165, 1.54) is 17.9 Å². The largest absolute Gasteiger partial charge is 0.488 e. The third kappa shape index (κ3) is 9.41. The summed E-state index contributed by atoms with van der Waals surface area (Å²) in [5.74, 6) is -1.77. The third-order valence-corrected chi connectivity index (χ3v) is 10.4. The molecule has 1 aromatic heterocycles. The number of nitrogens with one attached hydrogen (secondary N) is 3. The summed E-state index contributed by atoms with van der Waals surface area (Å²) < 4.78 is 39.0. The molecule has 1 saturated carbocycles. The van der Waals surface area contributed by atoms with Gasteiger partial charge in [0.25, 0.3) is 5.91 Å². The number of halogens is 1. The molecule has 2 fully saturated rings. The van der Waals surface area contributed by atoms with Crippen molar-refractivity contribution in [1.29, 1.82) is 0 Å². The molecule has 13 nitrogen and oxygen atoms in total. The van der Waals surface area contributed by atoms with E-state index in [1.54, 1.807) is 72.0 Å². The molecule has 268 valence electrons. The minimum Gasteiger partial charge on any atom is -0.488 e. The zero-order valence-electron chi connectivity index (χ0n) is 29.0. The number of amides is 4. The van der Waals surface area contributed by atoms with E-state index in [0.717, 1.165) is 0 Å². The van der Waals surface area contributed by atoms with Gasteiger partial charge in [-0.2, -0.15) is 0 Å². The van der Waals surface area contributed by atoms with Gasteiger partial charge in [0.2, 0.25) is 21.8 Å². The first-order valence-electron chi connectivity index (χ1n) is 16.1. The van der Waals surface area contributed by atoms with Gasteiger partial charge < -0.3 is 25.0 Å². The number of hydrogen-bond donors (Lipinski definition) is 3. The number of aromatic nitrogens is 1. The average Bonchev–Trinajstić information content (AvgIpc) is 3.76. The molecule has 4 rings (SSSR count). The molecule has 15 heteroatoms. The maximum Gasteiger partial charge on any atom is 0.408 e. The van der Waals surface area contributed by atoms with E-state index in [-0.39, 0.29) is 19.4 Å². The molecule has 4 amide bonds. The van der Waals surface area contributed by atoms with Crippen LogP contribution in [0.4, 0.5) is 4.79 Å². The molecule has 2 heterocycles. The van der Waals surface area contributed by atoms with Gasteiger partial charge in [-0.25, -0.2) is 13.2 Å². The maximum atomic E-state index is 14.3. The Morgan fingerprint density at radius 3 is 2.37 bits per heavy atom. The molecular formula is C34H46ClN5O8S. The summed E-state index contributed by atoms with van der Waals surface area (Å²) in [6.07, 6.45) is 2.31. The van der Waals surface area contributed by atoms with Crippen molar-refractivity contribution in [2.75, 3.05) is 6.54 Å². The van der Waals surface area contributed by atoms with Gasteiger partial charge in [0.15, 0.2) is 0 Å². The Morgan fingerprint density at radius 1 is 1.10 bits per heavy atom. The Hall–Kier alpha value is -3.91. The van der Waals surface area contributed by atoms with E-state index < -0.39 is 73.8 Å². The summed E-state index contributed by atoms with van der Waals surface area (Å²) in [5, 5.41) is 5.84. The van der Waals surface area contributed by atoms with Gasteiger partial charge >= 0.3 is 6.09 Å². The molecule has 0 spiro atoms. The summed E-state index contributed by atoms with van der Waals surface area (Å²) in [4.78, 5) is 60.3. The van der Waals surface area contributed by atoms with Crippen LogP contribution in [-0.4, -0.2) is 83.2 Å². The monoisotopic (exact) mass is 719 g/mol. The van der Waals surface area contributed by atoms with E-state index in [4.69, 9.17) is 21.1 Å². The van der Waals surface area contributed by atoms with Crippen LogP contribution in [0.1, 0.15) is 74.1 Å². The molecule has 4 unspecified atom stereocenters. The van der Waals surface area contributed by atoms with Crippen LogP contribution in [0.15, 0.2) is 43.1 Å². The quantitative estimate of drug-likeness (QED) is 0.287. The van der Waals surface area contributed by atoms with E-state index in [2.05, 4.69) is 26.9 Å². The fourth-order valence-electron chi connectivity index (χ4n) is 5.52. The van der Waals surface area contributed by atoms with Gasteiger partial charge in [-0.15, -0.1) is 6.58 Å². The lowest BCUT2D eigenvalue weighted by Crippen LogP contribution is -2.62. The van der Waals surface area contributed by atoms with Crippen molar-refractivity contribution >= 4 is 56.3 Å². The van der Waals surface area contributed by atoms with Crippen molar-refractivity contribution in [2.24, 2.45) is 5.41 Å². The Labute approximate surface area is 292 Å². The number of carbonyl (C=O) groups excluding carboxylic acids is 4. The number of nitrogens with zero attached hydrogens (tertiary/aromatic N) is 2. The lowest BCUT2D eigenvalue weighted by atomic mass is 9.85. The number of likely N-dealkylation sites (tertiary alicyclic amines) is 1. The zero-order chi connectivity index (χ0) is 36.5. The van der Waals surface area contributed by atoms with E-state index in [9.17, 15) is 27.6 Å². The summed E-state index contributed by atoms with van der Waals surface area (Å²) in [6.45, 7) is 15.4. The minimum atomic E-state index is -3.92. The molecule has 0 radical (unpaired) electrons. The van der Waals surface area contributed by atoms with Crippen molar-refractivity contribution in [3.63, 3.8) is 0 Å². The number of alkyl carbamates (subject to hydrolysis) is 1. The van der Waals surface area contributed by atoms with Crippen molar-refractivity contribution in [2.45, 2.75) is 109 Å². The summed E-state index contributed by atoms with van der Waals surface area (Å²) in [5.41, 5.74) is -2.70. The highest BCUT2D eigenvalue weighted by Crippen LogP contribution is 2.32. The van der Waals surface area contributed by atoms with Crippen LogP contribution < -0.4 is 20.1 Å². The highest BCUT2D eigenvalue weighted by Gasteiger charge is 2.48. The molecule has 2 aromatic rings. The fourth-order valence-corrected chi connectivity index (χ4v) is 7.14. The number of pyridine rings is 1. The Kier molecular flexibility index (Phi) is 10.9. The molecule has 49 heavy (non-hydrogen) atoms. The highest BCUT2D eigenvalue weighted by atomic mass is 35.5. The Morgan fingerprint density at radius 2 is 1.78 bits per heavy atom. The normalized spacial score (nSPS) is 20.1. The molecule has 1 aromatic carbocycles. The first kappa shape index (κ1) is 37.9. The first-order valence-corrected chi connectivity index (χ1v) is 18.1. The standard InChI is InChI=1S/C34H46ClN5O8S/c1-9-15-34(8,30(43)39-49(45,46)22-11-12-22)38-28(41)26-18-21(47-20-10-13-25-23(17-20)24(35)14-16-36-25)19-40(26)29(42)27(32(2,3)4)37-31(44)48-33(5,6)7/h9-10,13-14,16-17,21-22,26-27H,1,11-12,15,18-19H2,2-8H3,(H,37,44)(H,38,41)(H,39,43). The van der Waals surface area contributed by atoms with Gasteiger partial charge in [-0.05, 0) is 76.6 Å². The number of rotatable bonds is 11. The molecular weight excluding hydrogens is 674 g/mol. The van der Waals surface area contributed by atoms with Crippen LogP contribution in [0.5, 0.6) is 5.75 Å². The molecule has 1 aliphatic carbocycles. The molecule has 1 saturated heterocycles. The van der Waals surface area contributed by atoms with E-state index in [1.807, 2.05) is 0 Å². The number of benzene rings is 1. The topological polar surface area (TPSA) is 173 Å². The van der Waals surface area contributed by atoms with Crippen molar-refractivity contribution in [3.05, 3.63) is 48.1 Å². The molecule has 0 bridgehead atoms. The van der Waals surface area contributed by atoms with E-state index in [0.29, 0.717) is 34.5 Å². The second-order valence-electron chi connectivity index (χ2n) is 14.9. The molecule has 2 aliphatic rings. The second kappa shape index (κ2) is 14.1. The summed E-state index contributed by atoms with van der Waals surface area (Å²) in [6, 6.07) is 4.55. The van der Waals surface area contributed by atoms with Crippen LogP contribution in [0, 0.1) is 5.41 Å². The lowest BCUT2D eigenvalue weighted by Gasteiger charge is -2.36. The fraction of sp³-hybridized carbons (Fsp3) is 0.559. The minimum absolute atomic E-state index is 0.0197. The number of ether oxygens (including phenoxy) is 2. The summed E-state index contributed by atoms with van der Waals surface area (Å²) >= 11 is 6.38. The Bertz CT molecular complexity index is 1730. The zero-order valence-corrected chi connectivity index (χ0v) is 30.5. The molecule has 1 aliphatic heterocycles. The second-order valence-corrected chi connectivity index (χ2v) is 17.3. The van der Waals surface area contributed by atoms with E-state index >= 15 is 0 Å². The van der Waals surface area contributed by atoms with Crippen LogP contribution in [0.25, 0.3) is 10.9 Å². The van der Waals surface area contributed by atoms with Gasteiger partial charge in [0.1, 0.15) is 35.1 Å². The number of hydrogen-bond acceptors (Lipinski definition) is 9. The number of sulfonamides is 1. The predicted molar refractivity (Wildman–Crippen MR) is 185 cm³/mol. The highest BCUT2D eigenvalue weighted by molar-refractivity contribution is 7.91. The van der Waals surface area contributed by atoms with Crippen molar-refractivity contribution < 1.29 is 37.1 Å². The smallest absolute Gasteiger partial charge is 0.408 e. The lowest BCUT2D eigenvalue weighted by molar-refractivity contribution is -0.143. The van der Waals surface area contributed by atoms with Gasteiger partial charge in [0.05, 0.1) is 22.3 Å². The molecule has 3 N–H and O–H groups in total. The third-order valence-electron chi connectivity index (χ3n) is 8.24. The van der Waals surface area contributed by atoms with Crippen LogP contribution in [-0.2, 0) is 29.1 Å². The van der Waals surface area contributed by atoms with Gasteiger partial charge in [-0.3, -0.25) is 24.1 Å². The Balaban J connectivity index is 1.65. The predicted octanol–water partition coefficient (Wildman–Crippen LogP) is 4.24. The number of fused-ring (bicyclic) bond motifs is 1. The van der Waals surface area contributed by atoms with Crippen LogP contribution in [0.3, 0.4) is 0 Å². The van der Waals surface area contributed by atoms with Gasteiger partial charge in [-0.1, -0.05) is 38.4 Å². The van der Waals surface area contributed by atoms with Crippen LogP contribution >= 0.6 is 11.6 Å². The maximum absolute atomic E-state index is 14.3. The average molecular weight is 720 g/mol. The number of carbonyl (C=O) groups is 4. The molecule has 4 atom stereocenters. The van der Waals surface area contributed by atoms with Gasteiger partial charge in [0, 0.05) is 18.0 Å². The van der Waals surface area contributed by atoms with Crippen LogP contribution in [0.2, 0.25) is 5.02 Å². The van der Waals surface area contributed by atoms with Crippen molar-refractivity contribution in [1.82, 2.24) is 25.2 Å². The SMILES string of the molecule is C=CCC(C)(NC(=O)C1CC(Oc2ccc3nccc(Cl)c3c2)CN1C(=O)C(NC(=O)OC(C)(C)C)C(C)(C)C)C(=O)NS(=O)(=O)C1CC1. The first-order chi connectivity index (χ1) is 22.6.